The molecule has 0 amide bonds. The molecule has 0 atom stereocenters. The van der Waals surface area contributed by atoms with E-state index in [1.165, 1.54) is 17.2 Å². The summed E-state index contributed by atoms with van der Waals surface area (Å²) < 4.78 is 13.3. The number of H-pyrrole nitrogens is 1. The lowest BCUT2D eigenvalue weighted by molar-refractivity contribution is 0.618. The van der Waals surface area contributed by atoms with E-state index in [1.807, 2.05) is 6.07 Å². The lowest BCUT2D eigenvalue weighted by Gasteiger charge is -1.99. The Bertz CT molecular complexity index is 733. The van der Waals surface area contributed by atoms with Crippen molar-refractivity contribution in [2.75, 3.05) is 0 Å². The molecule has 3 rings (SSSR count). The van der Waals surface area contributed by atoms with Gasteiger partial charge in [0.05, 0.1) is 11.0 Å². The number of hydrogen-bond donors (Lipinski definition) is 1. The number of aromatic nitrogens is 2. The van der Waals surface area contributed by atoms with E-state index in [-0.39, 0.29) is 5.82 Å². The molecule has 0 spiro atoms. The van der Waals surface area contributed by atoms with Gasteiger partial charge in [0, 0.05) is 5.56 Å². The first kappa shape index (κ1) is 11.9. The molecular formula is C16H15FN2. The fourth-order valence-corrected chi connectivity index (χ4v) is 2.20. The van der Waals surface area contributed by atoms with Crippen molar-refractivity contribution in [3.8, 4) is 11.4 Å². The Morgan fingerprint density at radius 2 is 1.68 bits per heavy atom. The topological polar surface area (TPSA) is 28.7 Å². The molecule has 1 aromatic heterocycles. The smallest absolute Gasteiger partial charge is 0.138 e. The molecule has 0 bridgehead atoms. The van der Waals surface area contributed by atoms with Crippen molar-refractivity contribution in [3.05, 3.63) is 52.8 Å². The van der Waals surface area contributed by atoms with Crippen LogP contribution in [0.15, 0.2) is 30.3 Å². The molecule has 3 aromatic rings. The van der Waals surface area contributed by atoms with Gasteiger partial charge in [-0.05, 0) is 67.8 Å². The molecule has 96 valence electrons. The highest BCUT2D eigenvalue weighted by molar-refractivity contribution is 5.81. The van der Waals surface area contributed by atoms with Crippen LogP contribution in [0, 0.1) is 26.6 Å². The highest BCUT2D eigenvalue weighted by Crippen LogP contribution is 2.24. The van der Waals surface area contributed by atoms with Gasteiger partial charge in [-0.25, -0.2) is 9.37 Å². The molecular weight excluding hydrogens is 239 g/mol. The summed E-state index contributed by atoms with van der Waals surface area (Å²) >= 11 is 0. The second-order valence-electron chi connectivity index (χ2n) is 5.00. The maximum Gasteiger partial charge on any atom is 0.138 e. The Hall–Kier alpha value is -2.16. The van der Waals surface area contributed by atoms with Crippen molar-refractivity contribution in [2.45, 2.75) is 20.8 Å². The number of aryl methyl sites for hydroxylation is 3. The Kier molecular flexibility index (Phi) is 2.63. The van der Waals surface area contributed by atoms with Crippen LogP contribution in [0.2, 0.25) is 0 Å². The van der Waals surface area contributed by atoms with E-state index in [4.69, 9.17) is 0 Å². The van der Waals surface area contributed by atoms with E-state index < -0.39 is 0 Å². The number of aromatic amines is 1. The van der Waals surface area contributed by atoms with E-state index in [2.05, 4.69) is 35.9 Å². The van der Waals surface area contributed by atoms with Crippen LogP contribution in [0.5, 0.6) is 0 Å². The zero-order valence-corrected chi connectivity index (χ0v) is 11.2. The van der Waals surface area contributed by atoms with Gasteiger partial charge in [0.25, 0.3) is 0 Å². The van der Waals surface area contributed by atoms with Crippen LogP contribution < -0.4 is 0 Å². The number of imidazole rings is 1. The number of benzene rings is 2. The number of halogens is 1. The minimum Gasteiger partial charge on any atom is -0.338 e. The van der Waals surface area contributed by atoms with E-state index >= 15 is 0 Å². The van der Waals surface area contributed by atoms with Crippen LogP contribution in [-0.2, 0) is 0 Å². The molecule has 0 saturated carbocycles. The first-order valence-electron chi connectivity index (χ1n) is 6.28. The summed E-state index contributed by atoms with van der Waals surface area (Å²) in [6.07, 6.45) is 0. The van der Waals surface area contributed by atoms with E-state index in [9.17, 15) is 4.39 Å². The molecule has 2 aromatic carbocycles. The van der Waals surface area contributed by atoms with E-state index in [0.29, 0.717) is 5.56 Å². The number of nitrogens with zero attached hydrogens (tertiary/aromatic N) is 1. The molecule has 1 N–H and O–H groups in total. The third-order valence-electron chi connectivity index (χ3n) is 3.53. The SMILES string of the molecule is Cc1cc2nc(-c3ccc(F)c(C)c3)[nH]c2cc1C. The first-order chi connectivity index (χ1) is 9.04. The second kappa shape index (κ2) is 4.19. The number of fused-ring (bicyclic) bond motifs is 1. The van der Waals surface area contributed by atoms with Gasteiger partial charge in [0.2, 0.25) is 0 Å². The summed E-state index contributed by atoms with van der Waals surface area (Å²) in [4.78, 5) is 7.87. The van der Waals surface area contributed by atoms with Crippen LogP contribution >= 0.6 is 0 Å². The molecule has 1 heterocycles. The summed E-state index contributed by atoms with van der Waals surface area (Å²) in [6.45, 7) is 5.91. The molecule has 0 aliphatic rings. The van der Waals surface area contributed by atoms with Crippen LogP contribution in [0.3, 0.4) is 0 Å². The fraction of sp³-hybridized carbons (Fsp3) is 0.188. The minimum atomic E-state index is -0.188. The van der Waals surface area contributed by atoms with Gasteiger partial charge in [-0.3, -0.25) is 0 Å². The highest BCUT2D eigenvalue weighted by Gasteiger charge is 2.08. The summed E-state index contributed by atoms with van der Waals surface area (Å²) in [5.74, 6) is 0.592. The molecule has 2 nitrogen and oxygen atoms in total. The molecule has 0 unspecified atom stereocenters. The molecule has 0 radical (unpaired) electrons. The standard InChI is InChI=1S/C16H15FN2/c1-9-7-14-15(8-10(9)2)19-16(18-14)12-4-5-13(17)11(3)6-12/h4-8H,1-3H3,(H,18,19). The van der Waals surface area contributed by atoms with Gasteiger partial charge in [0.1, 0.15) is 11.6 Å². The van der Waals surface area contributed by atoms with Crippen LogP contribution in [-0.4, -0.2) is 9.97 Å². The fourth-order valence-electron chi connectivity index (χ4n) is 2.20. The molecule has 0 aliphatic carbocycles. The van der Waals surface area contributed by atoms with Crippen LogP contribution in [0.25, 0.3) is 22.4 Å². The van der Waals surface area contributed by atoms with Crippen molar-refractivity contribution >= 4 is 11.0 Å². The Morgan fingerprint density at radius 1 is 0.947 bits per heavy atom. The first-order valence-corrected chi connectivity index (χ1v) is 6.28. The molecule has 0 fully saturated rings. The van der Waals surface area contributed by atoms with Crippen molar-refractivity contribution in [2.24, 2.45) is 0 Å². The predicted octanol–water partition coefficient (Wildman–Crippen LogP) is 4.29. The average Bonchev–Trinajstić information content (AvgIpc) is 2.76. The zero-order chi connectivity index (χ0) is 13.6. The lowest BCUT2D eigenvalue weighted by atomic mass is 10.1. The van der Waals surface area contributed by atoms with Crippen molar-refractivity contribution < 1.29 is 4.39 Å². The van der Waals surface area contributed by atoms with Gasteiger partial charge in [-0.15, -0.1) is 0 Å². The summed E-state index contributed by atoms with van der Waals surface area (Å²) in [7, 11) is 0. The molecule has 0 saturated heterocycles. The Labute approximate surface area is 111 Å². The van der Waals surface area contributed by atoms with Crippen LogP contribution in [0.1, 0.15) is 16.7 Å². The largest absolute Gasteiger partial charge is 0.338 e. The highest BCUT2D eigenvalue weighted by atomic mass is 19.1. The van der Waals surface area contributed by atoms with Gasteiger partial charge >= 0.3 is 0 Å². The monoisotopic (exact) mass is 254 g/mol. The summed E-state index contributed by atoms with van der Waals surface area (Å²) in [5, 5.41) is 0. The van der Waals surface area contributed by atoms with Gasteiger partial charge in [-0.2, -0.15) is 0 Å². The van der Waals surface area contributed by atoms with Crippen molar-refractivity contribution in [1.82, 2.24) is 9.97 Å². The summed E-state index contributed by atoms with van der Waals surface area (Å²) in [6, 6.07) is 9.21. The number of nitrogens with one attached hydrogen (secondary N) is 1. The molecule has 0 aliphatic heterocycles. The maximum atomic E-state index is 13.3. The predicted molar refractivity (Wildman–Crippen MR) is 75.7 cm³/mol. The lowest BCUT2D eigenvalue weighted by Crippen LogP contribution is -1.85. The van der Waals surface area contributed by atoms with Gasteiger partial charge < -0.3 is 4.98 Å². The summed E-state index contributed by atoms with van der Waals surface area (Å²) in [5.41, 5.74) is 5.95. The van der Waals surface area contributed by atoms with Crippen molar-refractivity contribution in [1.29, 1.82) is 0 Å². The molecule has 3 heteroatoms. The van der Waals surface area contributed by atoms with E-state index in [0.717, 1.165) is 22.4 Å². The Morgan fingerprint density at radius 3 is 2.42 bits per heavy atom. The third kappa shape index (κ3) is 2.01. The minimum absolute atomic E-state index is 0.188. The normalized spacial score (nSPS) is 11.2. The second-order valence-corrected chi connectivity index (χ2v) is 5.00. The van der Waals surface area contributed by atoms with Gasteiger partial charge in [0.15, 0.2) is 0 Å². The molecule has 19 heavy (non-hydrogen) atoms. The Balaban J connectivity index is 2.17. The number of hydrogen-bond acceptors (Lipinski definition) is 1. The quantitative estimate of drug-likeness (QED) is 0.689. The maximum absolute atomic E-state index is 13.3. The van der Waals surface area contributed by atoms with Crippen molar-refractivity contribution in [3.63, 3.8) is 0 Å². The third-order valence-corrected chi connectivity index (χ3v) is 3.53. The van der Waals surface area contributed by atoms with Gasteiger partial charge in [-0.1, -0.05) is 0 Å². The van der Waals surface area contributed by atoms with Crippen LogP contribution in [0.4, 0.5) is 4.39 Å². The van der Waals surface area contributed by atoms with E-state index in [1.54, 1.807) is 13.0 Å². The average molecular weight is 254 g/mol. The zero-order valence-electron chi connectivity index (χ0n) is 11.2. The number of rotatable bonds is 1.